The highest BCUT2D eigenvalue weighted by atomic mass is 16.1. The molecule has 0 atom stereocenters. The number of fused-ring (bicyclic) bond motifs is 1. The van der Waals surface area contributed by atoms with Crippen LogP contribution in [-0.4, -0.2) is 15.0 Å². The average molecular weight is 277 g/mol. The van der Waals surface area contributed by atoms with E-state index in [9.17, 15) is 4.79 Å². The molecule has 2 aromatic heterocycles. The summed E-state index contributed by atoms with van der Waals surface area (Å²) >= 11 is 0. The zero-order chi connectivity index (χ0) is 14.4. The number of aromatic nitrogens is 3. The lowest BCUT2D eigenvalue weighted by Gasteiger charge is -2.08. The third-order valence-corrected chi connectivity index (χ3v) is 4.01. The molecule has 0 saturated heterocycles. The Hall–Kier alpha value is -2.49. The molecule has 1 saturated carbocycles. The summed E-state index contributed by atoms with van der Waals surface area (Å²) in [5.41, 5.74) is 3.27. The molecule has 1 aromatic carbocycles. The van der Waals surface area contributed by atoms with Crippen LogP contribution in [0.1, 0.15) is 30.1 Å². The molecule has 4 rings (SSSR count). The van der Waals surface area contributed by atoms with Crippen molar-refractivity contribution in [3.05, 3.63) is 58.3 Å². The molecule has 0 unspecified atom stereocenters. The summed E-state index contributed by atoms with van der Waals surface area (Å²) in [4.78, 5) is 24.1. The second-order valence-corrected chi connectivity index (χ2v) is 5.61. The van der Waals surface area contributed by atoms with Crippen LogP contribution in [-0.2, 0) is 0 Å². The minimum atomic E-state index is -0.0389. The molecular formula is C17H15N3O. The fourth-order valence-corrected chi connectivity index (χ4v) is 2.59. The van der Waals surface area contributed by atoms with Crippen LogP contribution in [0, 0.1) is 6.92 Å². The number of aromatic amines is 1. The fourth-order valence-electron chi connectivity index (χ4n) is 2.59. The molecule has 1 aliphatic rings. The third-order valence-electron chi connectivity index (χ3n) is 4.01. The molecule has 2 heterocycles. The third kappa shape index (κ3) is 2.13. The summed E-state index contributed by atoms with van der Waals surface area (Å²) in [5, 5.41) is 1.09. The number of benzene rings is 1. The number of pyridine rings is 1. The highest BCUT2D eigenvalue weighted by molar-refractivity contribution is 5.83. The summed E-state index contributed by atoms with van der Waals surface area (Å²) in [6.07, 6.45) is 4.01. The number of hydrogen-bond donors (Lipinski definition) is 1. The maximum Gasteiger partial charge on any atom is 0.254 e. The van der Waals surface area contributed by atoms with Crippen molar-refractivity contribution >= 4 is 10.9 Å². The quantitative estimate of drug-likeness (QED) is 0.782. The van der Waals surface area contributed by atoms with Crippen LogP contribution in [0.5, 0.6) is 0 Å². The van der Waals surface area contributed by atoms with E-state index in [2.05, 4.69) is 15.0 Å². The van der Waals surface area contributed by atoms with Crippen LogP contribution in [0.25, 0.3) is 22.2 Å². The summed E-state index contributed by atoms with van der Waals surface area (Å²) in [6.45, 7) is 1.82. The van der Waals surface area contributed by atoms with Gasteiger partial charge in [0, 0.05) is 28.6 Å². The summed E-state index contributed by atoms with van der Waals surface area (Å²) in [7, 11) is 0. The average Bonchev–Trinajstić information content (AvgIpc) is 3.34. The maximum absolute atomic E-state index is 12.1. The molecule has 0 radical (unpaired) electrons. The lowest BCUT2D eigenvalue weighted by Crippen LogP contribution is -2.15. The predicted molar refractivity (Wildman–Crippen MR) is 82.3 cm³/mol. The van der Waals surface area contributed by atoms with Crippen molar-refractivity contribution in [2.24, 2.45) is 0 Å². The van der Waals surface area contributed by atoms with Gasteiger partial charge in [0.2, 0.25) is 0 Å². The monoisotopic (exact) mass is 277 g/mol. The van der Waals surface area contributed by atoms with Crippen LogP contribution >= 0.6 is 0 Å². The standard InChI is InChI=1S/C17H15N3O/c1-10-15(19-16(12-5-6-12)20-17(10)21)13-7-4-11-3-2-8-18-14(11)9-13/h2-4,7-9,12H,5-6H2,1H3,(H,19,20,21). The normalized spacial score (nSPS) is 14.5. The van der Waals surface area contributed by atoms with Gasteiger partial charge < -0.3 is 4.98 Å². The van der Waals surface area contributed by atoms with Gasteiger partial charge in [-0.25, -0.2) is 4.98 Å². The summed E-state index contributed by atoms with van der Waals surface area (Å²) in [6, 6.07) is 9.98. The summed E-state index contributed by atoms with van der Waals surface area (Å²) < 4.78 is 0. The minimum Gasteiger partial charge on any atom is -0.310 e. The Kier molecular flexibility index (Phi) is 2.64. The molecule has 4 heteroatoms. The van der Waals surface area contributed by atoms with Gasteiger partial charge >= 0.3 is 0 Å². The first kappa shape index (κ1) is 12.3. The number of H-pyrrole nitrogens is 1. The fraction of sp³-hybridized carbons (Fsp3) is 0.235. The Morgan fingerprint density at radius 3 is 2.90 bits per heavy atom. The number of nitrogens with zero attached hydrogens (tertiary/aromatic N) is 2. The molecule has 1 aliphatic carbocycles. The predicted octanol–water partition coefficient (Wildman–Crippen LogP) is 3.17. The van der Waals surface area contributed by atoms with E-state index < -0.39 is 0 Å². The number of nitrogens with one attached hydrogen (secondary N) is 1. The van der Waals surface area contributed by atoms with E-state index in [1.54, 1.807) is 6.20 Å². The molecule has 3 aromatic rings. The Morgan fingerprint density at radius 1 is 1.24 bits per heavy atom. The Labute approximate surface area is 121 Å². The van der Waals surface area contributed by atoms with Crippen molar-refractivity contribution in [2.75, 3.05) is 0 Å². The van der Waals surface area contributed by atoms with Gasteiger partial charge in [0.05, 0.1) is 11.2 Å². The topological polar surface area (TPSA) is 58.6 Å². The molecule has 0 spiro atoms. The first-order valence-corrected chi connectivity index (χ1v) is 7.18. The van der Waals surface area contributed by atoms with Crippen molar-refractivity contribution in [1.82, 2.24) is 15.0 Å². The van der Waals surface area contributed by atoms with Crippen molar-refractivity contribution in [3.8, 4) is 11.3 Å². The van der Waals surface area contributed by atoms with E-state index in [4.69, 9.17) is 0 Å². The lowest BCUT2D eigenvalue weighted by molar-refractivity contribution is 0.901. The number of hydrogen-bond acceptors (Lipinski definition) is 3. The van der Waals surface area contributed by atoms with Crippen LogP contribution < -0.4 is 5.56 Å². The van der Waals surface area contributed by atoms with Gasteiger partial charge in [-0.05, 0) is 31.9 Å². The lowest BCUT2D eigenvalue weighted by atomic mass is 10.1. The molecule has 0 bridgehead atoms. The van der Waals surface area contributed by atoms with Crippen LogP contribution in [0.3, 0.4) is 0 Å². The molecule has 21 heavy (non-hydrogen) atoms. The van der Waals surface area contributed by atoms with Crippen molar-refractivity contribution in [2.45, 2.75) is 25.7 Å². The molecular weight excluding hydrogens is 262 g/mol. The number of rotatable bonds is 2. The second kappa shape index (κ2) is 4.52. The van der Waals surface area contributed by atoms with Gasteiger partial charge in [-0.2, -0.15) is 0 Å². The molecule has 1 fully saturated rings. The van der Waals surface area contributed by atoms with E-state index >= 15 is 0 Å². The smallest absolute Gasteiger partial charge is 0.254 e. The van der Waals surface area contributed by atoms with Gasteiger partial charge in [0.15, 0.2) is 0 Å². The van der Waals surface area contributed by atoms with E-state index in [0.717, 1.165) is 40.8 Å². The largest absolute Gasteiger partial charge is 0.310 e. The van der Waals surface area contributed by atoms with Gasteiger partial charge in [0.1, 0.15) is 5.82 Å². The zero-order valence-electron chi connectivity index (χ0n) is 11.8. The van der Waals surface area contributed by atoms with E-state index in [0.29, 0.717) is 11.5 Å². The minimum absolute atomic E-state index is 0.0389. The first-order valence-electron chi connectivity index (χ1n) is 7.18. The Bertz CT molecular complexity index is 894. The summed E-state index contributed by atoms with van der Waals surface area (Å²) in [5.74, 6) is 1.25. The Balaban J connectivity index is 1.92. The van der Waals surface area contributed by atoms with Gasteiger partial charge in [-0.15, -0.1) is 0 Å². The van der Waals surface area contributed by atoms with Crippen LogP contribution in [0.4, 0.5) is 0 Å². The van der Waals surface area contributed by atoms with Crippen molar-refractivity contribution < 1.29 is 0 Å². The molecule has 1 N–H and O–H groups in total. The van der Waals surface area contributed by atoms with Crippen LogP contribution in [0.15, 0.2) is 41.3 Å². The second-order valence-electron chi connectivity index (χ2n) is 5.61. The molecule has 104 valence electrons. The molecule has 0 amide bonds. The van der Waals surface area contributed by atoms with Crippen molar-refractivity contribution in [3.63, 3.8) is 0 Å². The van der Waals surface area contributed by atoms with E-state index in [-0.39, 0.29) is 5.56 Å². The molecule has 4 nitrogen and oxygen atoms in total. The van der Waals surface area contributed by atoms with E-state index in [1.165, 1.54) is 0 Å². The molecule has 0 aliphatic heterocycles. The highest BCUT2D eigenvalue weighted by Crippen LogP contribution is 2.38. The van der Waals surface area contributed by atoms with Gasteiger partial charge in [-0.3, -0.25) is 9.78 Å². The van der Waals surface area contributed by atoms with Gasteiger partial charge in [-0.1, -0.05) is 18.2 Å². The van der Waals surface area contributed by atoms with Crippen molar-refractivity contribution in [1.29, 1.82) is 0 Å². The Morgan fingerprint density at radius 2 is 2.10 bits per heavy atom. The van der Waals surface area contributed by atoms with E-state index in [1.807, 2.05) is 37.3 Å². The van der Waals surface area contributed by atoms with Gasteiger partial charge in [0.25, 0.3) is 5.56 Å². The van der Waals surface area contributed by atoms with Crippen LogP contribution in [0.2, 0.25) is 0 Å². The zero-order valence-corrected chi connectivity index (χ0v) is 11.8. The maximum atomic E-state index is 12.1. The highest BCUT2D eigenvalue weighted by Gasteiger charge is 2.27. The first-order chi connectivity index (χ1) is 10.2. The SMILES string of the molecule is Cc1c(-c2ccc3cccnc3c2)nc(C2CC2)[nH]c1=O.